The number of rotatable bonds is 4. The topological polar surface area (TPSA) is 122 Å². The molecular formula is C15H15N3O5. The van der Waals surface area contributed by atoms with Crippen molar-refractivity contribution in [3.05, 3.63) is 51.9 Å². The van der Waals surface area contributed by atoms with Crippen LogP contribution in [0.2, 0.25) is 0 Å². The van der Waals surface area contributed by atoms with Crippen LogP contribution in [-0.4, -0.2) is 37.9 Å². The molecule has 0 aliphatic carbocycles. The number of carbonyl (C=O) groups excluding carboxylic acids is 1. The van der Waals surface area contributed by atoms with Crippen LogP contribution in [0.25, 0.3) is 5.69 Å². The SMILES string of the molecule is Cc1cccc(-n2nc(C(=O)NC(C)C(=O)O)c(O)cc2=O)c1. The highest BCUT2D eigenvalue weighted by Gasteiger charge is 2.21. The fraction of sp³-hybridized carbons (Fsp3) is 0.200. The summed E-state index contributed by atoms with van der Waals surface area (Å²) in [6.45, 7) is 3.10. The van der Waals surface area contributed by atoms with Crippen LogP contribution in [0.4, 0.5) is 0 Å². The molecule has 0 aliphatic heterocycles. The van der Waals surface area contributed by atoms with E-state index in [1.165, 1.54) is 6.92 Å². The van der Waals surface area contributed by atoms with E-state index in [0.29, 0.717) is 5.69 Å². The minimum absolute atomic E-state index is 0.426. The number of hydrogen-bond donors (Lipinski definition) is 3. The van der Waals surface area contributed by atoms with Crippen LogP contribution >= 0.6 is 0 Å². The molecule has 0 fully saturated rings. The molecule has 0 bridgehead atoms. The number of carbonyl (C=O) groups is 2. The Morgan fingerprint density at radius 2 is 2.00 bits per heavy atom. The fourth-order valence-corrected chi connectivity index (χ4v) is 1.88. The number of hydrogen-bond acceptors (Lipinski definition) is 5. The molecule has 3 N–H and O–H groups in total. The number of aliphatic carboxylic acids is 1. The first-order chi connectivity index (χ1) is 10.8. The van der Waals surface area contributed by atoms with Gasteiger partial charge in [0.15, 0.2) is 11.4 Å². The van der Waals surface area contributed by atoms with Gasteiger partial charge in [-0.2, -0.15) is 9.78 Å². The monoisotopic (exact) mass is 317 g/mol. The minimum atomic E-state index is -1.23. The standard InChI is InChI=1S/C15H15N3O5/c1-8-4-3-5-10(6-8)18-12(20)7-11(19)13(17-18)14(21)16-9(2)15(22)23/h3-7,9,19H,1-2H3,(H,16,21)(H,22,23). The van der Waals surface area contributed by atoms with E-state index in [2.05, 4.69) is 10.4 Å². The zero-order chi connectivity index (χ0) is 17.1. The molecule has 0 aliphatic rings. The van der Waals surface area contributed by atoms with Crippen molar-refractivity contribution in [3.63, 3.8) is 0 Å². The highest BCUT2D eigenvalue weighted by Crippen LogP contribution is 2.13. The zero-order valence-corrected chi connectivity index (χ0v) is 12.5. The second-order valence-corrected chi connectivity index (χ2v) is 5.00. The van der Waals surface area contributed by atoms with Gasteiger partial charge in [0, 0.05) is 6.07 Å². The van der Waals surface area contributed by atoms with Crippen LogP contribution in [0.15, 0.2) is 35.1 Å². The van der Waals surface area contributed by atoms with Gasteiger partial charge in [-0.3, -0.25) is 14.4 Å². The van der Waals surface area contributed by atoms with Crippen molar-refractivity contribution >= 4 is 11.9 Å². The lowest BCUT2D eigenvalue weighted by Crippen LogP contribution is -2.39. The van der Waals surface area contributed by atoms with Crippen LogP contribution in [0.5, 0.6) is 5.75 Å². The molecule has 8 heteroatoms. The van der Waals surface area contributed by atoms with Gasteiger partial charge in [0.2, 0.25) is 0 Å². The molecule has 23 heavy (non-hydrogen) atoms. The van der Waals surface area contributed by atoms with Crippen molar-refractivity contribution in [3.8, 4) is 11.4 Å². The highest BCUT2D eigenvalue weighted by atomic mass is 16.4. The number of carboxylic acids is 1. The summed E-state index contributed by atoms with van der Waals surface area (Å²) >= 11 is 0. The highest BCUT2D eigenvalue weighted by molar-refractivity contribution is 5.96. The average molecular weight is 317 g/mol. The predicted molar refractivity (Wildman–Crippen MR) is 80.8 cm³/mol. The van der Waals surface area contributed by atoms with E-state index in [-0.39, 0.29) is 0 Å². The Hall–Kier alpha value is -3.16. The fourth-order valence-electron chi connectivity index (χ4n) is 1.88. The van der Waals surface area contributed by atoms with Crippen molar-refractivity contribution in [2.75, 3.05) is 0 Å². The van der Waals surface area contributed by atoms with Gasteiger partial charge in [-0.25, -0.2) is 0 Å². The number of aromatic nitrogens is 2. The third kappa shape index (κ3) is 3.54. The van der Waals surface area contributed by atoms with Gasteiger partial charge < -0.3 is 15.5 Å². The molecule has 0 radical (unpaired) electrons. The molecule has 8 nitrogen and oxygen atoms in total. The van der Waals surface area contributed by atoms with E-state index in [1.807, 2.05) is 13.0 Å². The number of carboxylic acid groups (broad SMARTS) is 1. The smallest absolute Gasteiger partial charge is 0.325 e. The molecule has 1 atom stereocenters. The third-order valence-corrected chi connectivity index (χ3v) is 3.09. The second kappa shape index (κ2) is 6.30. The maximum Gasteiger partial charge on any atom is 0.325 e. The average Bonchev–Trinajstić information content (AvgIpc) is 2.46. The Kier molecular flexibility index (Phi) is 4.44. The van der Waals surface area contributed by atoms with Gasteiger partial charge in [0.05, 0.1) is 5.69 Å². The molecule has 1 aromatic carbocycles. The van der Waals surface area contributed by atoms with Crippen molar-refractivity contribution in [1.29, 1.82) is 0 Å². The molecule has 120 valence electrons. The van der Waals surface area contributed by atoms with Gasteiger partial charge in [-0.15, -0.1) is 0 Å². The lowest BCUT2D eigenvalue weighted by Gasteiger charge is -2.11. The zero-order valence-electron chi connectivity index (χ0n) is 12.5. The first kappa shape index (κ1) is 16.2. The first-order valence-corrected chi connectivity index (χ1v) is 6.73. The molecule has 1 amide bonds. The summed E-state index contributed by atoms with van der Waals surface area (Å²) < 4.78 is 0.965. The summed E-state index contributed by atoms with van der Waals surface area (Å²) in [5, 5.41) is 24.6. The van der Waals surface area contributed by atoms with Crippen LogP contribution in [0, 0.1) is 6.92 Å². The van der Waals surface area contributed by atoms with E-state index in [1.54, 1.807) is 18.2 Å². The molecule has 0 saturated carbocycles. The van der Waals surface area contributed by atoms with Gasteiger partial charge in [-0.05, 0) is 31.5 Å². The molecular weight excluding hydrogens is 302 g/mol. The van der Waals surface area contributed by atoms with E-state index < -0.39 is 34.9 Å². The van der Waals surface area contributed by atoms with Crippen LogP contribution in [0.1, 0.15) is 23.0 Å². The lowest BCUT2D eigenvalue weighted by molar-refractivity contribution is -0.138. The van der Waals surface area contributed by atoms with Gasteiger partial charge >= 0.3 is 5.97 Å². The maximum absolute atomic E-state index is 12.0. The van der Waals surface area contributed by atoms with Crippen molar-refractivity contribution in [1.82, 2.24) is 15.1 Å². The Balaban J connectivity index is 2.46. The lowest BCUT2D eigenvalue weighted by atomic mass is 10.2. The Morgan fingerprint density at radius 3 is 2.61 bits per heavy atom. The number of aryl methyl sites for hydroxylation is 1. The van der Waals surface area contributed by atoms with Gasteiger partial charge in [-0.1, -0.05) is 12.1 Å². The quantitative estimate of drug-likeness (QED) is 0.752. The van der Waals surface area contributed by atoms with Crippen molar-refractivity contribution in [2.45, 2.75) is 19.9 Å². The normalized spacial score (nSPS) is 11.7. The molecule has 0 saturated heterocycles. The third-order valence-electron chi connectivity index (χ3n) is 3.09. The number of benzene rings is 1. The van der Waals surface area contributed by atoms with Gasteiger partial charge in [0.1, 0.15) is 6.04 Å². The van der Waals surface area contributed by atoms with Crippen LogP contribution in [-0.2, 0) is 4.79 Å². The molecule has 1 unspecified atom stereocenters. The number of nitrogens with one attached hydrogen (secondary N) is 1. The summed E-state index contributed by atoms with van der Waals surface area (Å²) in [5.41, 5.74) is 0.264. The molecule has 1 heterocycles. The summed E-state index contributed by atoms with van der Waals surface area (Å²) in [4.78, 5) is 34.8. The molecule has 1 aromatic heterocycles. The summed E-state index contributed by atoms with van der Waals surface area (Å²) in [5.74, 6) is -2.74. The predicted octanol–water partition coefficient (Wildman–Crippen LogP) is 0.449. The Labute approximate surface area is 131 Å². The summed E-state index contributed by atoms with van der Waals surface area (Å²) in [7, 11) is 0. The van der Waals surface area contributed by atoms with E-state index in [9.17, 15) is 19.5 Å². The van der Waals surface area contributed by atoms with Crippen LogP contribution < -0.4 is 10.9 Å². The Morgan fingerprint density at radius 1 is 1.30 bits per heavy atom. The minimum Gasteiger partial charge on any atom is -0.505 e. The summed E-state index contributed by atoms with van der Waals surface area (Å²) in [6.07, 6.45) is 0. The largest absolute Gasteiger partial charge is 0.505 e. The van der Waals surface area contributed by atoms with Crippen molar-refractivity contribution in [2.24, 2.45) is 0 Å². The second-order valence-electron chi connectivity index (χ2n) is 5.00. The van der Waals surface area contributed by atoms with E-state index in [4.69, 9.17) is 5.11 Å². The first-order valence-electron chi connectivity index (χ1n) is 6.73. The van der Waals surface area contributed by atoms with Crippen molar-refractivity contribution < 1.29 is 19.8 Å². The molecule has 0 spiro atoms. The maximum atomic E-state index is 12.0. The van der Waals surface area contributed by atoms with Crippen LogP contribution in [0.3, 0.4) is 0 Å². The molecule has 2 aromatic rings. The number of nitrogens with zero attached hydrogens (tertiary/aromatic N) is 2. The van der Waals surface area contributed by atoms with Gasteiger partial charge in [0.25, 0.3) is 11.5 Å². The summed E-state index contributed by atoms with van der Waals surface area (Å²) in [6, 6.07) is 6.56. The number of aromatic hydroxyl groups is 1. The molecule has 2 rings (SSSR count). The Bertz CT molecular complexity index is 828. The van der Waals surface area contributed by atoms with E-state index >= 15 is 0 Å². The number of amides is 1. The van der Waals surface area contributed by atoms with E-state index in [0.717, 1.165) is 16.3 Å².